The fourth-order valence-corrected chi connectivity index (χ4v) is 10.2. The van der Waals surface area contributed by atoms with Crippen LogP contribution in [0.25, 0.3) is 0 Å². The van der Waals surface area contributed by atoms with Gasteiger partial charge in [0.25, 0.3) is 0 Å². The Kier molecular flexibility index (Phi) is 65.7. The van der Waals surface area contributed by atoms with Gasteiger partial charge in [-0.1, -0.05) is 325 Å². The van der Waals surface area contributed by atoms with Crippen LogP contribution in [0.4, 0.5) is 0 Å². The number of rotatable bonds is 64. The van der Waals surface area contributed by atoms with Crippen molar-refractivity contribution < 1.29 is 28.6 Å². The first kappa shape index (κ1) is 76.9. The van der Waals surface area contributed by atoms with E-state index in [4.69, 9.17) is 14.2 Å². The zero-order valence-electron chi connectivity index (χ0n) is 53.3. The molecule has 0 aliphatic carbocycles. The van der Waals surface area contributed by atoms with Crippen LogP contribution in [0, 0.1) is 0 Å². The summed E-state index contributed by atoms with van der Waals surface area (Å²) in [6.07, 6.45) is 89.2. The fourth-order valence-electron chi connectivity index (χ4n) is 10.2. The first-order chi connectivity index (χ1) is 39.5. The predicted molar refractivity (Wildman–Crippen MR) is 348 cm³/mol. The van der Waals surface area contributed by atoms with E-state index in [-0.39, 0.29) is 31.1 Å². The second-order valence-corrected chi connectivity index (χ2v) is 23.4. The monoisotopic (exact) mass is 1120 g/mol. The van der Waals surface area contributed by atoms with Gasteiger partial charge in [0.1, 0.15) is 13.2 Å². The van der Waals surface area contributed by atoms with Gasteiger partial charge in [0.05, 0.1) is 0 Å². The molecule has 0 rings (SSSR count). The highest BCUT2D eigenvalue weighted by Crippen LogP contribution is 2.18. The van der Waals surface area contributed by atoms with Crippen molar-refractivity contribution in [1.82, 2.24) is 0 Å². The minimum Gasteiger partial charge on any atom is -0.462 e. The third-order valence-corrected chi connectivity index (χ3v) is 15.4. The number of carbonyl (C=O) groups is 3. The summed E-state index contributed by atoms with van der Waals surface area (Å²) < 4.78 is 17.0. The van der Waals surface area contributed by atoms with Crippen molar-refractivity contribution in [2.75, 3.05) is 13.2 Å². The van der Waals surface area contributed by atoms with Crippen LogP contribution in [0.1, 0.15) is 361 Å². The van der Waals surface area contributed by atoms with E-state index >= 15 is 0 Å². The lowest BCUT2D eigenvalue weighted by molar-refractivity contribution is -0.167. The number of allylic oxidation sites excluding steroid dienone is 12. The standard InChI is InChI=1S/C74H132O6/c1-4-7-10-13-16-19-22-25-28-31-33-35-36-37-38-39-41-43-46-49-52-55-58-61-64-67-73(76)79-70-71(69-78-72(75)66-63-60-57-54-51-48-45-42-30-27-24-21-18-15-12-9-6-3)80-74(77)68-65-62-59-56-53-50-47-44-40-34-32-29-26-23-20-17-14-11-8-5-2/h7,10,16,19,25,27-28,30,33,35,37-38,71H,4-6,8-9,11-15,17-18,20-24,26,29,31-32,34,36,39-70H2,1-3H3/b10-7-,19-16-,28-25-,30-27-,35-33-,38-37-. The highest BCUT2D eigenvalue weighted by atomic mass is 16.6. The van der Waals surface area contributed by atoms with Crippen LogP contribution in [0.5, 0.6) is 0 Å². The average Bonchev–Trinajstić information content (AvgIpc) is 3.46. The van der Waals surface area contributed by atoms with Crippen molar-refractivity contribution in [2.45, 2.75) is 367 Å². The van der Waals surface area contributed by atoms with Gasteiger partial charge in [0.2, 0.25) is 0 Å². The molecule has 0 bridgehead atoms. The second-order valence-electron chi connectivity index (χ2n) is 23.4. The van der Waals surface area contributed by atoms with E-state index in [0.717, 1.165) is 96.3 Å². The van der Waals surface area contributed by atoms with E-state index in [2.05, 4.69) is 93.7 Å². The molecule has 1 atom stereocenters. The quantitative estimate of drug-likeness (QED) is 0.0261. The summed E-state index contributed by atoms with van der Waals surface area (Å²) in [5.41, 5.74) is 0. The topological polar surface area (TPSA) is 78.9 Å². The number of hydrogen-bond donors (Lipinski definition) is 0. The Morgan fingerprint density at radius 2 is 0.487 bits per heavy atom. The first-order valence-electron chi connectivity index (χ1n) is 34.9. The first-order valence-corrected chi connectivity index (χ1v) is 34.9. The van der Waals surface area contributed by atoms with Gasteiger partial charge in [-0.05, 0) is 89.9 Å². The normalized spacial score (nSPS) is 12.5. The van der Waals surface area contributed by atoms with Crippen LogP contribution in [-0.4, -0.2) is 37.2 Å². The summed E-state index contributed by atoms with van der Waals surface area (Å²) in [6.45, 7) is 6.58. The lowest BCUT2D eigenvalue weighted by Crippen LogP contribution is -2.30. The minimum atomic E-state index is -0.780. The van der Waals surface area contributed by atoms with Crippen LogP contribution in [0.2, 0.25) is 0 Å². The van der Waals surface area contributed by atoms with Gasteiger partial charge in [0, 0.05) is 19.3 Å². The molecule has 1 unspecified atom stereocenters. The molecular formula is C74H132O6. The molecule has 0 aliphatic heterocycles. The van der Waals surface area contributed by atoms with Gasteiger partial charge >= 0.3 is 17.9 Å². The van der Waals surface area contributed by atoms with E-state index in [1.807, 2.05) is 0 Å². The van der Waals surface area contributed by atoms with E-state index in [1.54, 1.807) is 0 Å². The summed E-state index contributed by atoms with van der Waals surface area (Å²) >= 11 is 0. The lowest BCUT2D eigenvalue weighted by Gasteiger charge is -2.18. The van der Waals surface area contributed by atoms with Crippen molar-refractivity contribution in [1.29, 1.82) is 0 Å². The van der Waals surface area contributed by atoms with Crippen molar-refractivity contribution in [2.24, 2.45) is 0 Å². The Morgan fingerprint density at radius 3 is 0.775 bits per heavy atom. The molecule has 0 saturated heterocycles. The van der Waals surface area contributed by atoms with Gasteiger partial charge in [-0.25, -0.2) is 0 Å². The summed E-state index contributed by atoms with van der Waals surface area (Å²) in [5.74, 6) is -0.863. The Morgan fingerprint density at radius 1 is 0.263 bits per heavy atom. The van der Waals surface area contributed by atoms with Crippen LogP contribution in [0.15, 0.2) is 72.9 Å². The number of unbranched alkanes of at least 4 members (excludes halogenated alkanes) is 41. The Bertz CT molecular complexity index is 1470. The molecule has 0 aromatic carbocycles. The molecule has 0 heterocycles. The maximum absolute atomic E-state index is 13.0. The van der Waals surface area contributed by atoms with Crippen LogP contribution in [0.3, 0.4) is 0 Å². The molecular weight excluding hydrogens is 985 g/mol. The van der Waals surface area contributed by atoms with Gasteiger partial charge < -0.3 is 14.2 Å². The summed E-state index contributed by atoms with van der Waals surface area (Å²) in [7, 11) is 0. The highest BCUT2D eigenvalue weighted by molar-refractivity contribution is 5.71. The second kappa shape index (κ2) is 68.3. The molecule has 464 valence electrons. The summed E-state index contributed by atoms with van der Waals surface area (Å²) in [6, 6.07) is 0. The number of esters is 3. The van der Waals surface area contributed by atoms with Gasteiger partial charge in [-0.15, -0.1) is 0 Å². The molecule has 0 saturated carbocycles. The molecule has 6 nitrogen and oxygen atoms in total. The van der Waals surface area contributed by atoms with Crippen molar-refractivity contribution in [3.63, 3.8) is 0 Å². The van der Waals surface area contributed by atoms with E-state index < -0.39 is 6.10 Å². The molecule has 0 amide bonds. The molecule has 0 fully saturated rings. The zero-order valence-corrected chi connectivity index (χ0v) is 53.3. The zero-order chi connectivity index (χ0) is 57.8. The molecule has 0 aromatic heterocycles. The number of hydrogen-bond acceptors (Lipinski definition) is 6. The third kappa shape index (κ3) is 65.7. The van der Waals surface area contributed by atoms with E-state index in [0.29, 0.717) is 19.3 Å². The highest BCUT2D eigenvalue weighted by Gasteiger charge is 2.19. The number of ether oxygens (including phenoxy) is 3. The van der Waals surface area contributed by atoms with Crippen LogP contribution in [-0.2, 0) is 28.6 Å². The van der Waals surface area contributed by atoms with Crippen molar-refractivity contribution >= 4 is 17.9 Å². The lowest BCUT2D eigenvalue weighted by atomic mass is 10.0. The molecule has 0 aliphatic rings. The molecule has 0 N–H and O–H groups in total. The van der Waals surface area contributed by atoms with E-state index in [9.17, 15) is 14.4 Å². The van der Waals surface area contributed by atoms with E-state index in [1.165, 1.54) is 225 Å². The van der Waals surface area contributed by atoms with Crippen molar-refractivity contribution in [3.8, 4) is 0 Å². The maximum Gasteiger partial charge on any atom is 0.306 e. The minimum absolute atomic E-state index is 0.0755. The molecule has 0 aromatic rings. The summed E-state index contributed by atoms with van der Waals surface area (Å²) in [4.78, 5) is 38.5. The third-order valence-electron chi connectivity index (χ3n) is 15.4. The molecule has 80 heavy (non-hydrogen) atoms. The molecule has 0 spiro atoms. The predicted octanol–water partition coefficient (Wildman–Crippen LogP) is 24.1. The smallest absolute Gasteiger partial charge is 0.306 e. The largest absolute Gasteiger partial charge is 0.462 e. The van der Waals surface area contributed by atoms with Gasteiger partial charge in [0.15, 0.2) is 6.10 Å². The Balaban J connectivity index is 4.34. The van der Waals surface area contributed by atoms with Crippen LogP contribution >= 0.6 is 0 Å². The molecule has 6 heteroatoms. The Labute approximate surface area is 497 Å². The average molecular weight is 1120 g/mol. The van der Waals surface area contributed by atoms with Gasteiger partial charge in [-0.2, -0.15) is 0 Å². The fraction of sp³-hybridized carbons (Fsp3) is 0.797. The summed E-state index contributed by atoms with van der Waals surface area (Å²) in [5, 5.41) is 0. The van der Waals surface area contributed by atoms with Crippen molar-refractivity contribution in [3.05, 3.63) is 72.9 Å². The SMILES string of the molecule is CC/C=C\C/C=C\C/C=C\C/C=C\C/C=C\CCCCCCCCCCCC(=O)OCC(COC(=O)CCCCCCCCC/C=C\CCCCCCCC)OC(=O)CCCCCCCCCCCCCCCCCCCCCC. The van der Waals surface area contributed by atoms with Crippen LogP contribution < -0.4 is 0 Å². The molecule has 0 radical (unpaired) electrons. The number of carbonyl (C=O) groups excluding carboxylic acids is 3. The van der Waals surface area contributed by atoms with Gasteiger partial charge in [-0.3, -0.25) is 14.4 Å². The maximum atomic E-state index is 13.0. The Hall–Kier alpha value is -3.15.